The molecule has 84 valence electrons. The van der Waals surface area contributed by atoms with E-state index >= 15 is 0 Å². The fourth-order valence-electron chi connectivity index (χ4n) is 1.94. The van der Waals surface area contributed by atoms with E-state index in [1.165, 1.54) is 25.7 Å². The van der Waals surface area contributed by atoms with Crippen molar-refractivity contribution in [2.75, 3.05) is 13.2 Å². The van der Waals surface area contributed by atoms with Crippen LogP contribution in [0.25, 0.3) is 0 Å². The van der Waals surface area contributed by atoms with Crippen LogP contribution in [-0.4, -0.2) is 24.8 Å². The molecule has 14 heavy (non-hydrogen) atoms. The van der Waals surface area contributed by atoms with Gasteiger partial charge in [-0.3, -0.25) is 0 Å². The predicted molar refractivity (Wildman–Crippen MR) is 60.6 cm³/mol. The summed E-state index contributed by atoms with van der Waals surface area (Å²) in [6.07, 6.45) is 6.22. The molecule has 0 aromatic rings. The van der Waals surface area contributed by atoms with Gasteiger partial charge in [0.1, 0.15) is 0 Å². The molecule has 2 heteroatoms. The Bertz CT molecular complexity index is 152. The Kier molecular flexibility index (Phi) is 4.90. The summed E-state index contributed by atoms with van der Waals surface area (Å²) >= 11 is 0. The Morgan fingerprint density at radius 2 is 2.07 bits per heavy atom. The van der Waals surface area contributed by atoms with E-state index in [1.54, 1.807) is 0 Å². The zero-order valence-electron chi connectivity index (χ0n) is 9.94. The van der Waals surface area contributed by atoms with Crippen LogP contribution in [0.15, 0.2) is 0 Å². The van der Waals surface area contributed by atoms with E-state index in [0.717, 1.165) is 19.6 Å². The molecule has 2 nitrogen and oxygen atoms in total. The second kappa shape index (κ2) is 5.72. The van der Waals surface area contributed by atoms with E-state index in [9.17, 15) is 0 Å². The van der Waals surface area contributed by atoms with E-state index < -0.39 is 0 Å². The Labute approximate surface area is 88.4 Å². The lowest BCUT2D eigenvalue weighted by atomic mass is 9.77. The Hall–Kier alpha value is -0.0800. The van der Waals surface area contributed by atoms with Crippen molar-refractivity contribution in [3.63, 3.8) is 0 Å². The first-order valence-corrected chi connectivity index (χ1v) is 6.06. The maximum Gasteiger partial charge on any atom is 0.0694 e. The summed E-state index contributed by atoms with van der Waals surface area (Å²) in [4.78, 5) is 0. The maximum absolute atomic E-state index is 5.96. The molecule has 0 saturated heterocycles. The van der Waals surface area contributed by atoms with Crippen molar-refractivity contribution in [3.8, 4) is 0 Å². The topological polar surface area (TPSA) is 21.3 Å². The highest BCUT2D eigenvalue weighted by molar-refractivity contribution is 4.90. The zero-order valence-corrected chi connectivity index (χ0v) is 9.94. The Morgan fingerprint density at radius 3 is 2.50 bits per heavy atom. The van der Waals surface area contributed by atoms with Gasteiger partial charge in [-0.2, -0.15) is 0 Å². The predicted octanol–water partition coefficient (Wildman–Crippen LogP) is 2.72. The molecule has 1 saturated carbocycles. The van der Waals surface area contributed by atoms with Crippen LogP contribution in [0.5, 0.6) is 0 Å². The Balaban J connectivity index is 2.16. The molecule has 0 atom stereocenters. The lowest BCUT2D eigenvalue weighted by Gasteiger charge is -2.42. The summed E-state index contributed by atoms with van der Waals surface area (Å²) < 4.78 is 5.96. The van der Waals surface area contributed by atoms with Crippen LogP contribution in [0.4, 0.5) is 0 Å². The van der Waals surface area contributed by atoms with Gasteiger partial charge in [0, 0.05) is 12.6 Å². The van der Waals surface area contributed by atoms with Crippen LogP contribution >= 0.6 is 0 Å². The van der Waals surface area contributed by atoms with Gasteiger partial charge >= 0.3 is 0 Å². The van der Waals surface area contributed by atoms with Gasteiger partial charge in [-0.15, -0.1) is 0 Å². The van der Waals surface area contributed by atoms with Gasteiger partial charge in [-0.05, 0) is 38.6 Å². The molecule has 0 radical (unpaired) electrons. The van der Waals surface area contributed by atoms with Crippen LogP contribution < -0.4 is 5.32 Å². The largest absolute Gasteiger partial charge is 0.375 e. The molecule has 1 N–H and O–H groups in total. The van der Waals surface area contributed by atoms with Crippen LogP contribution in [0, 0.1) is 0 Å². The van der Waals surface area contributed by atoms with Gasteiger partial charge in [-0.1, -0.05) is 20.8 Å². The minimum atomic E-state index is 0.248. The molecule has 0 spiro atoms. The summed E-state index contributed by atoms with van der Waals surface area (Å²) in [6.45, 7) is 8.60. The van der Waals surface area contributed by atoms with Crippen molar-refractivity contribution in [2.45, 2.75) is 64.5 Å². The van der Waals surface area contributed by atoms with E-state index in [4.69, 9.17) is 4.74 Å². The second-order valence-electron chi connectivity index (χ2n) is 4.74. The van der Waals surface area contributed by atoms with Crippen molar-refractivity contribution >= 4 is 0 Å². The average molecular weight is 199 g/mol. The van der Waals surface area contributed by atoms with Crippen molar-refractivity contribution in [2.24, 2.45) is 0 Å². The number of ether oxygens (including phenoxy) is 1. The summed E-state index contributed by atoms with van der Waals surface area (Å²) in [5, 5.41) is 3.47. The molecule has 0 amide bonds. The Morgan fingerprint density at radius 1 is 1.36 bits per heavy atom. The molecule has 1 aliphatic rings. The molecule has 0 bridgehead atoms. The summed E-state index contributed by atoms with van der Waals surface area (Å²) in [6, 6.07) is 0.596. The summed E-state index contributed by atoms with van der Waals surface area (Å²) in [5.41, 5.74) is 0.248. The minimum Gasteiger partial charge on any atom is -0.375 e. The number of nitrogens with one attached hydrogen (secondary N) is 1. The standard InChI is InChI=1S/C12H25NO/c1-4-10-14-12(6-5-7-12)8-9-13-11(2)3/h11,13H,4-10H2,1-3H3. The van der Waals surface area contributed by atoms with Gasteiger partial charge in [0.25, 0.3) is 0 Å². The lowest BCUT2D eigenvalue weighted by molar-refractivity contribution is -0.104. The van der Waals surface area contributed by atoms with E-state index in [1.807, 2.05) is 0 Å². The fourth-order valence-corrected chi connectivity index (χ4v) is 1.94. The van der Waals surface area contributed by atoms with Gasteiger partial charge < -0.3 is 10.1 Å². The highest BCUT2D eigenvalue weighted by atomic mass is 16.5. The molecule has 1 aliphatic carbocycles. The molecule has 0 heterocycles. The normalized spacial score (nSPS) is 19.7. The molecule has 1 fully saturated rings. The quantitative estimate of drug-likeness (QED) is 0.680. The molecule has 0 unspecified atom stereocenters. The average Bonchev–Trinajstić information content (AvgIpc) is 2.07. The molecule has 0 aromatic heterocycles. The van der Waals surface area contributed by atoms with Gasteiger partial charge in [0.2, 0.25) is 0 Å². The minimum absolute atomic E-state index is 0.248. The third-order valence-electron chi connectivity index (χ3n) is 3.01. The van der Waals surface area contributed by atoms with Crippen LogP contribution in [0.3, 0.4) is 0 Å². The lowest BCUT2D eigenvalue weighted by Crippen LogP contribution is -2.43. The van der Waals surface area contributed by atoms with Crippen LogP contribution in [0.1, 0.15) is 52.9 Å². The molecule has 0 aliphatic heterocycles. The molecule has 0 aromatic carbocycles. The molecular formula is C12H25NO. The van der Waals surface area contributed by atoms with Crippen molar-refractivity contribution in [3.05, 3.63) is 0 Å². The van der Waals surface area contributed by atoms with Crippen molar-refractivity contribution in [1.29, 1.82) is 0 Å². The van der Waals surface area contributed by atoms with Gasteiger partial charge in [0.05, 0.1) is 5.60 Å². The first-order valence-electron chi connectivity index (χ1n) is 6.06. The van der Waals surface area contributed by atoms with E-state index in [2.05, 4.69) is 26.1 Å². The fraction of sp³-hybridized carbons (Fsp3) is 1.00. The number of hydrogen-bond acceptors (Lipinski definition) is 2. The van der Waals surface area contributed by atoms with Crippen LogP contribution in [0.2, 0.25) is 0 Å². The van der Waals surface area contributed by atoms with Gasteiger partial charge in [-0.25, -0.2) is 0 Å². The number of rotatable bonds is 7. The third-order valence-corrected chi connectivity index (χ3v) is 3.01. The van der Waals surface area contributed by atoms with Crippen molar-refractivity contribution < 1.29 is 4.74 Å². The van der Waals surface area contributed by atoms with Gasteiger partial charge in [0.15, 0.2) is 0 Å². The monoisotopic (exact) mass is 199 g/mol. The zero-order chi connectivity index (χ0) is 10.4. The van der Waals surface area contributed by atoms with E-state index in [-0.39, 0.29) is 5.60 Å². The first kappa shape index (κ1) is 12.0. The van der Waals surface area contributed by atoms with E-state index in [0.29, 0.717) is 6.04 Å². The number of hydrogen-bond donors (Lipinski definition) is 1. The first-order chi connectivity index (χ1) is 6.68. The third kappa shape index (κ3) is 3.58. The van der Waals surface area contributed by atoms with Crippen molar-refractivity contribution in [1.82, 2.24) is 5.32 Å². The molecular weight excluding hydrogens is 174 g/mol. The van der Waals surface area contributed by atoms with Crippen LogP contribution in [-0.2, 0) is 4.74 Å². The summed E-state index contributed by atoms with van der Waals surface area (Å²) in [5.74, 6) is 0. The maximum atomic E-state index is 5.96. The SMILES string of the molecule is CCCOC1(CCNC(C)C)CCC1. The highest BCUT2D eigenvalue weighted by Crippen LogP contribution is 2.38. The molecule has 1 rings (SSSR count). The second-order valence-corrected chi connectivity index (χ2v) is 4.74. The highest BCUT2D eigenvalue weighted by Gasteiger charge is 2.37. The smallest absolute Gasteiger partial charge is 0.0694 e. The summed E-state index contributed by atoms with van der Waals surface area (Å²) in [7, 11) is 0.